The number of Topliss-reactive ketones (excluding diaryl/α,β-unsaturated/α-hetero) is 1. The summed E-state index contributed by atoms with van der Waals surface area (Å²) in [6.45, 7) is 4.00. The molecule has 2 aromatic heterocycles. The number of rotatable bonds is 6. The lowest BCUT2D eigenvalue weighted by molar-refractivity contribution is -0.134. The van der Waals surface area contributed by atoms with Gasteiger partial charge in [-0.2, -0.15) is 0 Å². The van der Waals surface area contributed by atoms with Gasteiger partial charge in [0.05, 0.1) is 6.54 Å². The highest BCUT2D eigenvalue weighted by molar-refractivity contribution is 6.07. The quantitative estimate of drug-likeness (QED) is 0.585. The van der Waals surface area contributed by atoms with Crippen molar-refractivity contribution in [1.29, 1.82) is 0 Å². The molecule has 1 amide bonds. The summed E-state index contributed by atoms with van der Waals surface area (Å²) < 4.78 is 7.44. The van der Waals surface area contributed by atoms with Crippen molar-refractivity contribution in [2.75, 3.05) is 7.05 Å². The van der Waals surface area contributed by atoms with Crippen LogP contribution in [-0.2, 0) is 24.2 Å². The second-order valence-corrected chi connectivity index (χ2v) is 7.88. The van der Waals surface area contributed by atoms with Gasteiger partial charge in [0.25, 0.3) is 0 Å². The van der Waals surface area contributed by atoms with E-state index in [1.165, 1.54) is 5.56 Å². The Morgan fingerprint density at radius 3 is 2.76 bits per heavy atom. The molecular weight excluding hydrogens is 366 g/mol. The number of hydrogen-bond acceptors (Lipinski definition) is 4. The highest BCUT2D eigenvalue weighted by Crippen LogP contribution is 2.29. The van der Waals surface area contributed by atoms with E-state index >= 15 is 0 Å². The van der Waals surface area contributed by atoms with Crippen LogP contribution in [0.2, 0.25) is 0 Å². The average molecular weight is 393 g/mol. The molecule has 0 unspecified atom stereocenters. The monoisotopic (exact) mass is 393 g/mol. The van der Waals surface area contributed by atoms with Crippen LogP contribution in [0.25, 0.3) is 10.9 Å². The van der Waals surface area contributed by atoms with E-state index in [1.807, 2.05) is 49.0 Å². The zero-order valence-corrected chi connectivity index (χ0v) is 17.3. The van der Waals surface area contributed by atoms with Crippen molar-refractivity contribution >= 4 is 22.6 Å². The second-order valence-electron chi connectivity index (χ2n) is 7.88. The Hall–Kier alpha value is -2.89. The van der Waals surface area contributed by atoms with Gasteiger partial charge in [-0.3, -0.25) is 9.59 Å². The molecule has 29 heavy (non-hydrogen) atoms. The molecule has 3 aromatic rings. The molecule has 0 N–H and O–H groups in total. The minimum Gasteiger partial charge on any atom is -0.361 e. The van der Waals surface area contributed by atoms with Crippen LogP contribution >= 0.6 is 0 Å². The molecule has 1 aliphatic rings. The molecule has 0 saturated heterocycles. The summed E-state index contributed by atoms with van der Waals surface area (Å²) in [5.74, 6) is 0.988. The van der Waals surface area contributed by atoms with Gasteiger partial charge in [0.15, 0.2) is 5.78 Å². The maximum Gasteiger partial charge on any atom is 0.245 e. The van der Waals surface area contributed by atoms with Gasteiger partial charge in [0.2, 0.25) is 5.91 Å². The molecule has 4 rings (SSSR count). The molecule has 0 bridgehead atoms. The smallest absolute Gasteiger partial charge is 0.245 e. The van der Waals surface area contributed by atoms with E-state index in [9.17, 15) is 9.59 Å². The number of benzene rings is 1. The Bertz CT molecular complexity index is 1060. The largest absolute Gasteiger partial charge is 0.361 e. The van der Waals surface area contributed by atoms with Gasteiger partial charge in [-0.25, -0.2) is 0 Å². The standard InChI is InChI=1S/C23H27N3O3/c1-4-20(26-13-18(15(2)27)16-9-5-7-11-21(16)26)23(28)25(3)14-19-17-10-6-8-12-22(17)29-24-19/h5,7,9,11,13,20H,4,6,8,10,12,14H2,1-3H3/t20-/m0/s1. The summed E-state index contributed by atoms with van der Waals surface area (Å²) in [6.07, 6.45) is 6.63. The first-order chi connectivity index (χ1) is 14.0. The van der Waals surface area contributed by atoms with E-state index in [1.54, 1.807) is 11.8 Å². The first kappa shape index (κ1) is 19.4. The van der Waals surface area contributed by atoms with Crippen molar-refractivity contribution in [3.8, 4) is 0 Å². The van der Waals surface area contributed by atoms with Crippen LogP contribution in [0.5, 0.6) is 0 Å². The Labute approximate surface area is 170 Å². The molecule has 1 aliphatic carbocycles. The molecule has 0 radical (unpaired) electrons. The van der Waals surface area contributed by atoms with Crippen LogP contribution in [-0.4, -0.2) is 33.4 Å². The molecule has 0 aliphatic heterocycles. The lowest BCUT2D eigenvalue weighted by Gasteiger charge is -2.24. The fourth-order valence-electron chi connectivity index (χ4n) is 4.36. The maximum atomic E-state index is 13.4. The molecule has 0 spiro atoms. The fraction of sp³-hybridized carbons (Fsp3) is 0.435. The van der Waals surface area contributed by atoms with Crippen LogP contribution in [0.15, 0.2) is 35.0 Å². The number of carbonyl (C=O) groups excluding carboxylic acids is 2. The van der Waals surface area contributed by atoms with E-state index in [0.29, 0.717) is 18.5 Å². The third-order valence-electron chi connectivity index (χ3n) is 5.92. The lowest BCUT2D eigenvalue weighted by atomic mass is 9.96. The van der Waals surface area contributed by atoms with Gasteiger partial charge >= 0.3 is 0 Å². The number of fused-ring (bicyclic) bond motifs is 2. The number of carbonyl (C=O) groups is 2. The molecule has 1 aromatic carbocycles. The van der Waals surface area contributed by atoms with Crippen LogP contribution in [0.1, 0.15) is 66.5 Å². The summed E-state index contributed by atoms with van der Waals surface area (Å²) in [5.41, 5.74) is 3.60. The number of amides is 1. The Morgan fingerprint density at radius 2 is 2.00 bits per heavy atom. The molecule has 6 heteroatoms. The fourth-order valence-corrected chi connectivity index (χ4v) is 4.36. The SMILES string of the molecule is CC[C@@H](C(=O)N(C)Cc1noc2c1CCCC2)n1cc(C(C)=O)c2ccccc21. The first-order valence-electron chi connectivity index (χ1n) is 10.3. The molecule has 2 heterocycles. The topological polar surface area (TPSA) is 68.3 Å². The zero-order valence-electron chi connectivity index (χ0n) is 17.3. The van der Waals surface area contributed by atoms with E-state index in [2.05, 4.69) is 5.16 Å². The van der Waals surface area contributed by atoms with E-state index in [0.717, 1.165) is 48.0 Å². The van der Waals surface area contributed by atoms with E-state index in [-0.39, 0.29) is 17.7 Å². The van der Waals surface area contributed by atoms with Crippen molar-refractivity contribution in [3.63, 3.8) is 0 Å². The number of para-hydroxylation sites is 1. The summed E-state index contributed by atoms with van der Waals surface area (Å²) in [4.78, 5) is 27.2. The molecule has 152 valence electrons. The van der Waals surface area contributed by atoms with Crippen LogP contribution < -0.4 is 0 Å². The summed E-state index contributed by atoms with van der Waals surface area (Å²) in [7, 11) is 1.81. The Kier molecular flexibility index (Phi) is 5.26. The second kappa shape index (κ2) is 7.85. The molecule has 6 nitrogen and oxygen atoms in total. The average Bonchev–Trinajstić information content (AvgIpc) is 3.31. The number of ketones is 1. The van der Waals surface area contributed by atoms with Gasteiger partial charge in [-0.1, -0.05) is 30.3 Å². The van der Waals surface area contributed by atoms with Crippen molar-refractivity contribution in [2.24, 2.45) is 0 Å². The normalized spacial score (nSPS) is 14.6. The molecule has 1 atom stereocenters. The van der Waals surface area contributed by atoms with Crippen molar-refractivity contribution in [1.82, 2.24) is 14.6 Å². The van der Waals surface area contributed by atoms with Crippen LogP contribution in [0, 0.1) is 0 Å². The number of nitrogens with zero attached hydrogens (tertiary/aromatic N) is 3. The predicted octanol–water partition coefficient (Wildman–Crippen LogP) is 4.32. The summed E-state index contributed by atoms with van der Waals surface area (Å²) in [6, 6.07) is 7.38. The van der Waals surface area contributed by atoms with Gasteiger partial charge in [0, 0.05) is 41.7 Å². The minimum absolute atomic E-state index is 0.00447. The van der Waals surface area contributed by atoms with Crippen molar-refractivity contribution < 1.29 is 14.1 Å². The van der Waals surface area contributed by atoms with Crippen molar-refractivity contribution in [2.45, 2.75) is 58.5 Å². The maximum absolute atomic E-state index is 13.4. The Balaban J connectivity index is 1.63. The number of hydrogen-bond donors (Lipinski definition) is 0. The van der Waals surface area contributed by atoms with E-state index < -0.39 is 0 Å². The lowest BCUT2D eigenvalue weighted by Crippen LogP contribution is -2.34. The highest BCUT2D eigenvalue weighted by atomic mass is 16.5. The summed E-state index contributed by atoms with van der Waals surface area (Å²) in [5, 5.41) is 5.12. The third-order valence-corrected chi connectivity index (χ3v) is 5.92. The molecular formula is C23H27N3O3. The molecule has 0 fully saturated rings. The van der Waals surface area contributed by atoms with Gasteiger partial charge in [-0.05, 0) is 38.7 Å². The van der Waals surface area contributed by atoms with Gasteiger partial charge < -0.3 is 14.0 Å². The highest BCUT2D eigenvalue weighted by Gasteiger charge is 2.27. The van der Waals surface area contributed by atoms with Gasteiger partial charge in [-0.15, -0.1) is 0 Å². The minimum atomic E-state index is -0.374. The number of aryl methyl sites for hydroxylation is 1. The zero-order chi connectivity index (χ0) is 20.5. The third kappa shape index (κ3) is 3.48. The Morgan fingerprint density at radius 1 is 1.24 bits per heavy atom. The predicted molar refractivity (Wildman–Crippen MR) is 111 cm³/mol. The van der Waals surface area contributed by atoms with E-state index in [4.69, 9.17) is 4.52 Å². The summed E-state index contributed by atoms with van der Waals surface area (Å²) >= 11 is 0. The molecule has 0 saturated carbocycles. The van der Waals surface area contributed by atoms with Crippen LogP contribution in [0.3, 0.4) is 0 Å². The number of likely N-dealkylation sites (N-methyl/N-ethyl adjacent to an activating group) is 1. The van der Waals surface area contributed by atoms with Gasteiger partial charge in [0.1, 0.15) is 17.5 Å². The van der Waals surface area contributed by atoms with Crippen molar-refractivity contribution in [3.05, 3.63) is 53.0 Å². The number of aromatic nitrogens is 2. The first-order valence-corrected chi connectivity index (χ1v) is 10.3. The van der Waals surface area contributed by atoms with Crippen LogP contribution in [0.4, 0.5) is 0 Å².